The summed E-state index contributed by atoms with van der Waals surface area (Å²) in [5, 5.41) is 7.69. The lowest BCUT2D eigenvalue weighted by atomic mass is 10.1. The van der Waals surface area contributed by atoms with Crippen molar-refractivity contribution in [2.45, 2.75) is 31.8 Å². The molecule has 20 heavy (non-hydrogen) atoms. The molecule has 3 atom stereocenters. The molecule has 2 aromatic rings. The van der Waals surface area contributed by atoms with Gasteiger partial charge in [0.2, 0.25) is 0 Å². The van der Waals surface area contributed by atoms with Gasteiger partial charge in [-0.05, 0) is 49.9 Å². The lowest BCUT2D eigenvalue weighted by Gasteiger charge is -2.23. The minimum atomic E-state index is 0.000281. The molecule has 1 amide bonds. The molecule has 0 spiro atoms. The highest BCUT2D eigenvalue weighted by Gasteiger charge is 2.40. The molecule has 2 aliphatic rings. The molecule has 1 saturated carbocycles. The van der Waals surface area contributed by atoms with E-state index >= 15 is 0 Å². The second-order valence-corrected chi connectivity index (χ2v) is 6.06. The van der Waals surface area contributed by atoms with Crippen molar-refractivity contribution in [1.29, 1.82) is 0 Å². The van der Waals surface area contributed by atoms with Crippen LogP contribution in [0.3, 0.4) is 0 Å². The average Bonchev–Trinajstić information content (AvgIpc) is 3.14. The van der Waals surface area contributed by atoms with Gasteiger partial charge in [-0.3, -0.25) is 4.79 Å². The standard InChI is InChI=1S/C16H18N2O2/c1-9-8-20-15-6-11(2-3-12(9)15)16(19)18-14-5-10-4-13(14)17-7-10/h2-3,6,8,10,13-14,17H,4-5,7H2,1H3,(H,18,19). The van der Waals surface area contributed by atoms with Crippen LogP contribution in [0.15, 0.2) is 28.9 Å². The number of benzene rings is 1. The van der Waals surface area contributed by atoms with Gasteiger partial charge in [-0.1, -0.05) is 6.07 Å². The van der Waals surface area contributed by atoms with E-state index in [1.54, 1.807) is 6.26 Å². The van der Waals surface area contributed by atoms with Crippen molar-refractivity contribution in [3.8, 4) is 0 Å². The molecule has 4 heteroatoms. The van der Waals surface area contributed by atoms with E-state index in [0.29, 0.717) is 11.6 Å². The van der Waals surface area contributed by atoms with E-state index < -0.39 is 0 Å². The third-order valence-corrected chi connectivity index (χ3v) is 4.68. The van der Waals surface area contributed by atoms with Gasteiger partial charge in [-0.2, -0.15) is 0 Å². The Balaban J connectivity index is 1.54. The molecular formula is C16H18N2O2. The van der Waals surface area contributed by atoms with Crippen LogP contribution in [0.4, 0.5) is 0 Å². The van der Waals surface area contributed by atoms with Gasteiger partial charge in [0.25, 0.3) is 5.91 Å². The van der Waals surface area contributed by atoms with E-state index in [-0.39, 0.29) is 11.9 Å². The maximum absolute atomic E-state index is 12.3. The number of amides is 1. The van der Waals surface area contributed by atoms with E-state index in [0.717, 1.165) is 35.4 Å². The van der Waals surface area contributed by atoms with E-state index in [9.17, 15) is 4.79 Å². The van der Waals surface area contributed by atoms with Crippen molar-refractivity contribution in [3.63, 3.8) is 0 Å². The second-order valence-electron chi connectivity index (χ2n) is 6.06. The molecule has 104 valence electrons. The fourth-order valence-corrected chi connectivity index (χ4v) is 3.57. The van der Waals surface area contributed by atoms with Crippen molar-refractivity contribution in [1.82, 2.24) is 10.6 Å². The lowest BCUT2D eigenvalue weighted by Crippen LogP contribution is -2.47. The highest BCUT2D eigenvalue weighted by atomic mass is 16.3. The van der Waals surface area contributed by atoms with Crippen LogP contribution in [-0.2, 0) is 0 Å². The molecule has 3 unspecified atom stereocenters. The monoisotopic (exact) mass is 270 g/mol. The van der Waals surface area contributed by atoms with Crippen LogP contribution in [0.5, 0.6) is 0 Å². The van der Waals surface area contributed by atoms with Crippen molar-refractivity contribution in [2.24, 2.45) is 5.92 Å². The first-order chi connectivity index (χ1) is 9.70. The Morgan fingerprint density at radius 3 is 3.05 bits per heavy atom. The molecule has 0 radical (unpaired) electrons. The average molecular weight is 270 g/mol. The molecular weight excluding hydrogens is 252 g/mol. The maximum atomic E-state index is 12.3. The van der Waals surface area contributed by atoms with Crippen LogP contribution in [-0.4, -0.2) is 24.5 Å². The zero-order valence-electron chi connectivity index (χ0n) is 11.5. The van der Waals surface area contributed by atoms with Crippen molar-refractivity contribution in [3.05, 3.63) is 35.6 Å². The number of piperidine rings is 1. The van der Waals surface area contributed by atoms with Crippen LogP contribution in [0, 0.1) is 12.8 Å². The zero-order valence-corrected chi connectivity index (χ0v) is 11.5. The SMILES string of the molecule is Cc1coc2cc(C(=O)NC3CC4CNC3C4)ccc12. The fourth-order valence-electron chi connectivity index (χ4n) is 3.57. The molecule has 4 rings (SSSR count). The number of hydrogen-bond acceptors (Lipinski definition) is 3. The Morgan fingerprint density at radius 1 is 1.40 bits per heavy atom. The first-order valence-corrected chi connectivity index (χ1v) is 7.23. The topological polar surface area (TPSA) is 54.3 Å². The minimum absolute atomic E-state index is 0.000281. The normalized spacial score (nSPS) is 28.1. The summed E-state index contributed by atoms with van der Waals surface area (Å²) in [7, 11) is 0. The number of nitrogens with one attached hydrogen (secondary N) is 2. The summed E-state index contributed by atoms with van der Waals surface area (Å²) in [4.78, 5) is 12.3. The predicted octanol–water partition coefficient (Wildman–Crippen LogP) is 2.22. The Kier molecular flexibility index (Phi) is 2.60. The van der Waals surface area contributed by atoms with Gasteiger partial charge in [0.1, 0.15) is 5.58 Å². The summed E-state index contributed by atoms with van der Waals surface area (Å²) in [6, 6.07) is 6.40. The van der Waals surface area contributed by atoms with Crippen LogP contribution in [0.1, 0.15) is 28.8 Å². The zero-order chi connectivity index (χ0) is 13.7. The van der Waals surface area contributed by atoms with Crippen LogP contribution < -0.4 is 10.6 Å². The van der Waals surface area contributed by atoms with Crippen LogP contribution in [0.25, 0.3) is 11.0 Å². The summed E-state index contributed by atoms with van der Waals surface area (Å²) in [6.45, 7) is 3.11. The van der Waals surface area contributed by atoms with Gasteiger partial charge in [-0.25, -0.2) is 0 Å². The first-order valence-electron chi connectivity index (χ1n) is 7.23. The number of aryl methyl sites for hydroxylation is 1. The molecule has 4 nitrogen and oxygen atoms in total. The molecule has 2 fully saturated rings. The third kappa shape index (κ3) is 1.83. The second kappa shape index (κ2) is 4.35. The Morgan fingerprint density at radius 2 is 2.30 bits per heavy atom. The first kappa shape index (κ1) is 12.0. The maximum Gasteiger partial charge on any atom is 0.251 e. The molecule has 2 heterocycles. The molecule has 1 aromatic heterocycles. The van der Waals surface area contributed by atoms with Gasteiger partial charge in [-0.15, -0.1) is 0 Å². The predicted molar refractivity (Wildman–Crippen MR) is 76.7 cm³/mol. The number of furan rings is 1. The lowest BCUT2D eigenvalue weighted by molar-refractivity contribution is 0.0928. The smallest absolute Gasteiger partial charge is 0.251 e. The number of carbonyl (C=O) groups is 1. The van der Waals surface area contributed by atoms with Gasteiger partial charge in [0.15, 0.2) is 0 Å². The van der Waals surface area contributed by atoms with E-state index in [4.69, 9.17) is 4.42 Å². The van der Waals surface area contributed by atoms with Gasteiger partial charge in [0.05, 0.1) is 6.26 Å². The Labute approximate surface area is 117 Å². The summed E-state index contributed by atoms with van der Waals surface area (Å²) >= 11 is 0. The van der Waals surface area contributed by atoms with E-state index in [2.05, 4.69) is 10.6 Å². The van der Waals surface area contributed by atoms with Gasteiger partial charge in [0, 0.05) is 23.0 Å². The van der Waals surface area contributed by atoms with Crippen LogP contribution >= 0.6 is 0 Å². The number of fused-ring (bicyclic) bond motifs is 3. The number of carbonyl (C=O) groups excluding carboxylic acids is 1. The molecule has 1 saturated heterocycles. The minimum Gasteiger partial charge on any atom is -0.464 e. The Hall–Kier alpha value is -1.81. The van der Waals surface area contributed by atoms with E-state index in [1.165, 1.54) is 6.42 Å². The molecule has 2 N–H and O–H groups in total. The summed E-state index contributed by atoms with van der Waals surface area (Å²) < 4.78 is 5.47. The van der Waals surface area contributed by atoms with E-state index in [1.807, 2.05) is 25.1 Å². The largest absolute Gasteiger partial charge is 0.464 e. The number of rotatable bonds is 2. The number of hydrogen-bond donors (Lipinski definition) is 2. The van der Waals surface area contributed by atoms with Gasteiger partial charge >= 0.3 is 0 Å². The summed E-state index contributed by atoms with van der Waals surface area (Å²) in [5.74, 6) is 0.737. The fraction of sp³-hybridized carbons (Fsp3) is 0.438. The third-order valence-electron chi connectivity index (χ3n) is 4.68. The highest BCUT2D eigenvalue weighted by Crippen LogP contribution is 2.31. The van der Waals surface area contributed by atoms with Gasteiger partial charge < -0.3 is 15.1 Å². The molecule has 1 aliphatic carbocycles. The van der Waals surface area contributed by atoms with Crippen molar-refractivity contribution >= 4 is 16.9 Å². The Bertz CT molecular complexity index is 676. The highest BCUT2D eigenvalue weighted by molar-refractivity contribution is 5.98. The summed E-state index contributed by atoms with van der Waals surface area (Å²) in [5.41, 5.74) is 2.56. The molecule has 1 aromatic carbocycles. The summed E-state index contributed by atoms with van der Waals surface area (Å²) in [6.07, 6.45) is 4.03. The van der Waals surface area contributed by atoms with Crippen molar-refractivity contribution < 1.29 is 9.21 Å². The van der Waals surface area contributed by atoms with Crippen LogP contribution in [0.2, 0.25) is 0 Å². The molecule has 2 bridgehead atoms. The molecule has 1 aliphatic heterocycles. The van der Waals surface area contributed by atoms with Crippen molar-refractivity contribution in [2.75, 3.05) is 6.54 Å². The quantitative estimate of drug-likeness (QED) is 0.879.